The Labute approximate surface area is 120 Å². The van der Waals surface area contributed by atoms with Gasteiger partial charge in [-0.2, -0.15) is 0 Å². The normalized spacial score (nSPS) is 10.8. The van der Waals surface area contributed by atoms with Crippen LogP contribution in [0, 0.1) is 10.1 Å². The fraction of sp³-hybridized carbons (Fsp3) is 0. The van der Waals surface area contributed by atoms with Crippen molar-refractivity contribution < 1.29 is 4.92 Å². The highest BCUT2D eigenvalue weighted by molar-refractivity contribution is 7.21. The molecule has 2 aromatic heterocycles. The van der Waals surface area contributed by atoms with E-state index < -0.39 is 4.92 Å². The van der Waals surface area contributed by atoms with E-state index in [2.05, 4.69) is 15.0 Å². The fourth-order valence-corrected chi connectivity index (χ4v) is 2.77. The van der Waals surface area contributed by atoms with Gasteiger partial charge in [-0.05, 0) is 12.1 Å². The summed E-state index contributed by atoms with van der Waals surface area (Å²) >= 11 is 6.94. The Hall–Kier alpha value is -2.32. The molecule has 0 atom stereocenters. The van der Waals surface area contributed by atoms with E-state index in [1.165, 1.54) is 29.8 Å². The maximum atomic E-state index is 11.6. The van der Waals surface area contributed by atoms with Crippen LogP contribution in [0.15, 0.2) is 29.3 Å². The molecule has 0 fully saturated rings. The maximum absolute atomic E-state index is 11.6. The van der Waals surface area contributed by atoms with Gasteiger partial charge >= 0.3 is 0 Å². The highest BCUT2D eigenvalue weighted by atomic mass is 35.5. The van der Waals surface area contributed by atoms with Gasteiger partial charge < -0.3 is 4.98 Å². The lowest BCUT2D eigenvalue weighted by atomic mass is 10.2. The van der Waals surface area contributed by atoms with Crippen LogP contribution in [-0.2, 0) is 0 Å². The number of aromatic amines is 1. The van der Waals surface area contributed by atoms with Crippen molar-refractivity contribution in [2.24, 2.45) is 0 Å². The Bertz CT molecular complexity index is 889. The zero-order chi connectivity index (χ0) is 14.3. The first kappa shape index (κ1) is 12.7. The highest BCUT2D eigenvalue weighted by Gasteiger charge is 2.16. The summed E-state index contributed by atoms with van der Waals surface area (Å²) in [5.41, 5.74) is 0.180. The summed E-state index contributed by atoms with van der Waals surface area (Å²) in [6, 6.07) is 4.37. The number of fused-ring (bicyclic) bond motifs is 1. The van der Waals surface area contributed by atoms with Gasteiger partial charge in [-0.3, -0.25) is 14.9 Å². The SMILES string of the molecule is O=c1[nH]cnc2sc(-c3ccc(Cl)c([N+](=O)[O-])c3)nc12. The number of aromatic nitrogens is 3. The van der Waals surface area contributed by atoms with Gasteiger partial charge in [-0.25, -0.2) is 9.97 Å². The second-order valence-corrected chi connectivity index (χ2v) is 5.21. The monoisotopic (exact) mass is 308 g/mol. The van der Waals surface area contributed by atoms with Crippen molar-refractivity contribution in [2.75, 3.05) is 0 Å². The van der Waals surface area contributed by atoms with E-state index in [-0.39, 0.29) is 21.8 Å². The van der Waals surface area contributed by atoms with Gasteiger partial charge in [0.1, 0.15) is 10.0 Å². The lowest BCUT2D eigenvalue weighted by Gasteiger charge is -1.98. The van der Waals surface area contributed by atoms with Crippen molar-refractivity contribution in [3.8, 4) is 10.6 Å². The lowest BCUT2D eigenvalue weighted by Crippen LogP contribution is -2.05. The summed E-state index contributed by atoms with van der Waals surface area (Å²) in [4.78, 5) is 32.9. The number of nitrogens with one attached hydrogen (secondary N) is 1. The van der Waals surface area contributed by atoms with Gasteiger partial charge in [0.2, 0.25) is 0 Å². The summed E-state index contributed by atoms with van der Waals surface area (Å²) in [5.74, 6) is 0. The minimum Gasteiger partial charge on any atom is -0.311 e. The first-order chi connectivity index (χ1) is 9.56. The fourth-order valence-electron chi connectivity index (χ4n) is 1.67. The highest BCUT2D eigenvalue weighted by Crippen LogP contribution is 2.33. The third-order valence-electron chi connectivity index (χ3n) is 2.59. The Morgan fingerprint density at radius 3 is 2.90 bits per heavy atom. The molecule has 3 aromatic rings. The van der Waals surface area contributed by atoms with Crippen LogP contribution in [-0.4, -0.2) is 19.9 Å². The van der Waals surface area contributed by atoms with Crippen LogP contribution in [0.2, 0.25) is 5.02 Å². The van der Waals surface area contributed by atoms with Gasteiger partial charge in [0.05, 0.1) is 11.3 Å². The summed E-state index contributed by atoms with van der Waals surface area (Å²) < 4.78 is 0. The van der Waals surface area contributed by atoms with Gasteiger partial charge in [-0.1, -0.05) is 22.9 Å². The predicted octanol–water partition coefficient (Wildman–Crippen LogP) is 2.61. The van der Waals surface area contributed by atoms with Crippen molar-refractivity contribution in [3.05, 3.63) is 50.0 Å². The lowest BCUT2D eigenvalue weighted by molar-refractivity contribution is -0.384. The van der Waals surface area contributed by atoms with Crippen molar-refractivity contribution in [1.29, 1.82) is 0 Å². The molecule has 0 bridgehead atoms. The minimum absolute atomic E-state index is 0.0517. The first-order valence-corrected chi connectivity index (χ1v) is 6.54. The molecular formula is C11H5ClN4O3S. The number of H-pyrrole nitrogens is 1. The molecule has 1 aromatic carbocycles. The summed E-state index contributed by atoms with van der Waals surface area (Å²) in [7, 11) is 0. The van der Waals surface area contributed by atoms with Crippen LogP contribution >= 0.6 is 22.9 Å². The van der Waals surface area contributed by atoms with Crippen molar-refractivity contribution in [1.82, 2.24) is 15.0 Å². The van der Waals surface area contributed by atoms with E-state index in [4.69, 9.17) is 11.6 Å². The van der Waals surface area contributed by atoms with Crippen LogP contribution in [0.4, 0.5) is 5.69 Å². The van der Waals surface area contributed by atoms with Gasteiger partial charge in [0.15, 0.2) is 10.3 Å². The summed E-state index contributed by atoms with van der Waals surface area (Å²) in [5, 5.41) is 11.4. The number of nitrogens with zero attached hydrogens (tertiary/aromatic N) is 3. The molecule has 0 amide bonds. The van der Waals surface area contributed by atoms with E-state index in [0.29, 0.717) is 15.4 Å². The number of halogens is 1. The van der Waals surface area contributed by atoms with E-state index in [1.807, 2.05) is 0 Å². The first-order valence-electron chi connectivity index (χ1n) is 5.35. The molecule has 0 saturated carbocycles. The van der Waals surface area contributed by atoms with Crippen molar-refractivity contribution in [3.63, 3.8) is 0 Å². The summed E-state index contributed by atoms with van der Waals surface area (Å²) in [6.45, 7) is 0. The molecule has 2 heterocycles. The Morgan fingerprint density at radius 2 is 2.20 bits per heavy atom. The second kappa shape index (κ2) is 4.66. The number of nitro groups is 1. The molecule has 0 spiro atoms. The molecule has 0 radical (unpaired) electrons. The van der Waals surface area contributed by atoms with Crippen LogP contribution < -0.4 is 5.56 Å². The maximum Gasteiger partial charge on any atom is 0.288 e. The van der Waals surface area contributed by atoms with Gasteiger partial charge in [0.25, 0.3) is 11.2 Å². The third kappa shape index (κ3) is 2.04. The number of benzene rings is 1. The molecule has 7 nitrogen and oxygen atoms in total. The zero-order valence-electron chi connectivity index (χ0n) is 9.66. The molecule has 1 N–H and O–H groups in total. The predicted molar refractivity (Wildman–Crippen MR) is 75.1 cm³/mol. The number of nitro benzene ring substituents is 1. The Balaban J connectivity index is 2.21. The van der Waals surface area contributed by atoms with Crippen LogP contribution in [0.5, 0.6) is 0 Å². The summed E-state index contributed by atoms with van der Waals surface area (Å²) in [6.07, 6.45) is 1.29. The van der Waals surface area contributed by atoms with E-state index >= 15 is 0 Å². The number of thiazole rings is 1. The quantitative estimate of drug-likeness (QED) is 0.579. The largest absolute Gasteiger partial charge is 0.311 e. The van der Waals surface area contributed by atoms with Crippen LogP contribution in [0.1, 0.15) is 0 Å². The van der Waals surface area contributed by atoms with E-state index in [9.17, 15) is 14.9 Å². The molecule has 20 heavy (non-hydrogen) atoms. The number of hydrogen-bond donors (Lipinski definition) is 1. The van der Waals surface area contributed by atoms with Crippen LogP contribution in [0.3, 0.4) is 0 Å². The third-order valence-corrected chi connectivity index (χ3v) is 3.92. The molecule has 9 heteroatoms. The topological polar surface area (TPSA) is 102 Å². The van der Waals surface area contributed by atoms with Gasteiger partial charge in [0, 0.05) is 11.6 Å². The standard InChI is InChI=1S/C11H5ClN4O3S/c12-6-2-1-5(3-7(6)16(18)19)10-15-8-9(17)13-4-14-11(8)20-10/h1-4H,(H,13,14,17). The number of hydrogen-bond acceptors (Lipinski definition) is 6. The zero-order valence-corrected chi connectivity index (χ0v) is 11.2. The smallest absolute Gasteiger partial charge is 0.288 e. The minimum atomic E-state index is -0.565. The molecule has 100 valence electrons. The number of rotatable bonds is 2. The molecule has 0 unspecified atom stereocenters. The average molecular weight is 309 g/mol. The van der Waals surface area contributed by atoms with Crippen LogP contribution in [0.25, 0.3) is 20.9 Å². The molecule has 0 saturated heterocycles. The second-order valence-electron chi connectivity index (χ2n) is 3.83. The molecule has 0 aliphatic carbocycles. The molecule has 0 aliphatic heterocycles. The van der Waals surface area contributed by atoms with Crippen molar-refractivity contribution >= 4 is 39.0 Å². The van der Waals surface area contributed by atoms with E-state index in [0.717, 1.165) is 0 Å². The van der Waals surface area contributed by atoms with E-state index in [1.54, 1.807) is 6.07 Å². The Kier molecular flexibility index (Phi) is 2.96. The van der Waals surface area contributed by atoms with Gasteiger partial charge in [-0.15, -0.1) is 0 Å². The average Bonchev–Trinajstić information content (AvgIpc) is 2.84. The molecule has 0 aliphatic rings. The Morgan fingerprint density at radius 1 is 1.40 bits per heavy atom. The van der Waals surface area contributed by atoms with Crippen molar-refractivity contribution in [2.45, 2.75) is 0 Å². The molecule has 3 rings (SSSR count). The molecular weight excluding hydrogens is 304 g/mol.